The van der Waals surface area contributed by atoms with Gasteiger partial charge in [-0.1, -0.05) is 0 Å². The van der Waals surface area contributed by atoms with Gasteiger partial charge in [0.25, 0.3) is 0 Å². The van der Waals surface area contributed by atoms with Gasteiger partial charge < -0.3 is 15.2 Å². The van der Waals surface area contributed by atoms with Crippen molar-refractivity contribution in [3.05, 3.63) is 52.4 Å². The van der Waals surface area contributed by atoms with Crippen LogP contribution < -0.4 is 15.8 Å². The Morgan fingerprint density at radius 3 is 2.73 bits per heavy atom. The van der Waals surface area contributed by atoms with Gasteiger partial charge in [-0.3, -0.25) is 5.32 Å². The molecular weight excluding hydrogens is 476 g/mol. The summed E-state index contributed by atoms with van der Waals surface area (Å²) in [5.41, 5.74) is 1.64. The van der Waals surface area contributed by atoms with Crippen molar-refractivity contribution >= 4 is 33.5 Å². The molecule has 1 atom stereocenters. The molecule has 3 N–H and O–H groups in total. The predicted octanol–water partition coefficient (Wildman–Crippen LogP) is 4.13. The molecule has 0 spiro atoms. The standard InChI is InChI=1S/C18H15BrF4N4O3/c19-10-1-4-15(25-8-10)30-16(28)26-11-2-3-13(20)12(7-11)17(18(21,22)23)5-6-29-9-14(24)27-17/h1-4,7-8H,5-6,9H2,(H2,24,27)(H,26,28). The van der Waals surface area contributed by atoms with Gasteiger partial charge in [0.15, 0.2) is 5.54 Å². The van der Waals surface area contributed by atoms with Crippen molar-refractivity contribution < 1.29 is 31.8 Å². The van der Waals surface area contributed by atoms with Crippen molar-refractivity contribution in [3.63, 3.8) is 0 Å². The number of pyridine rings is 1. The van der Waals surface area contributed by atoms with Crippen LogP contribution in [-0.4, -0.2) is 36.3 Å². The summed E-state index contributed by atoms with van der Waals surface area (Å²) in [6, 6.07) is 5.73. The summed E-state index contributed by atoms with van der Waals surface area (Å²) in [4.78, 5) is 19.4. The number of alkyl halides is 3. The SMILES string of the molecule is NC1=NC(c2cc(NC(=O)Oc3ccc(Br)cn3)ccc2F)(C(F)(F)F)CCOC1. The molecule has 1 aromatic heterocycles. The first kappa shape index (κ1) is 22.0. The number of ether oxygens (including phenoxy) is 2. The predicted molar refractivity (Wildman–Crippen MR) is 103 cm³/mol. The van der Waals surface area contributed by atoms with Crippen LogP contribution in [0.5, 0.6) is 5.88 Å². The van der Waals surface area contributed by atoms with Gasteiger partial charge >= 0.3 is 12.3 Å². The second-order valence-corrected chi connectivity index (χ2v) is 7.20. The molecule has 1 aromatic carbocycles. The van der Waals surface area contributed by atoms with Crippen molar-refractivity contribution in [2.24, 2.45) is 10.7 Å². The zero-order valence-electron chi connectivity index (χ0n) is 15.2. The molecule has 2 heterocycles. The van der Waals surface area contributed by atoms with Gasteiger partial charge in [-0.25, -0.2) is 19.2 Å². The van der Waals surface area contributed by atoms with Crippen LogP contribution in [0, 0.1) is 5.82 Å². The van der Waals surface area contributed by atoms with E-state index >= 15 is 0 Å². The number of benzene rings is 1. The maximum atomic E-state index is 14.5. The number of nitrogens with one attached hydrogen (secondary N) is 1. The molecule has 1 aliphatic heterocycles. The first-order valence-electron chi connectivity index (χ1n) is 8.50. The summed E-state index contributed by atoms with van der Waals surface area (Å²) >= 11 is 3.17. The molecule has 160 valence electrons. The van der Waals surface area contributed by atoms with Gasteiger partial charge in [0, 0.05) is 34.4 Å². The van der Waals surface area contributed by atoms with E-state index in [2.05, 4.69) is 31.2 Å². The van der Waals surface area contributed by atoms with E-state index in [9.17, 15) is 22.4 Å². The van der Waals surface area contributed by atoms with E-state index in [-0.39, 0.29) is 24.8 Å². The number of hydrogen-bond donors (Lipinski definition) is 2. The van der Waals surface area contributed by atoms with Gasteiger partial charge in [0.2, 0.25) is 5.88 Å². The average Bonchev–Trinajstić information content (AvgIpc) is 2.87. The van der Waals surface area contributed by atoms with Crippen LogP contribution in [0.4, 0.5) is 28.0 Å². The Labute approximate surface area is 176 Å². The lowest BCUT2D eigenvalue weighted by Gasteiger charge is -2.32. The number of hydrogen-bond acceptors (Lipinski definition) is 6. The number of nitrogens with two attached hydrogens (primary N) is 1. The highest BCUT2D eigenvalue weighted by atomic mass is 79.9. The van der Waals surface area contributed by atoms with E-state index in [1.165, 1.54) is 12.3 Å². The molecule has 1 aliphatic rings. The summed E-state index contributed by atoms with van der Waals surface area (Å²) < 4.78 is 67.2. The fourth-order valence-corrected chi connectivity index (χ4v) is 3.10. The summed E-state index contributed by atoms with van der Waals surface area (Å²) in [5, 5.41) is 2.25. The second-order valence-electron chi connectivity index (χ2n) is 6.29. The lowest BCUT2D eigenvalue weighted by molar-refractivity contribution is -0.193. The average molecular weight is 491 g/mol. The molecule has 0 bridgehead atoms. The Bertz CT molecular complexity index is 969. The smallest absolute Gasteiger partial charge is 0.391 e. The van der Waals surface area contributed by atoms with Crippen molar-refractivity contribution in [2.75, 3.05) is 18.5 Å². The van der Waals surface area contributed by atoms with Crippen LogP contribution in [0.25, 0.3) is 0 Å². The van der Waals surface area contributed by atoms with Crippen molar-refractivity contribution in [3.8, 4) is 5.88 Å². The molecule has 0 fully saturated rings. The number of nitrogens with zero attached hydrogens (tertiary/aromatic N) is 2. The first-order valence-corrected chi connectivity index (χ1v) is 9.29. The van der Waals surface area contributed by atoms with Crippen LogP contribution >= 0.6 is 15.9 Å². The number of amidine groups is 1. The number of amides is 1. The van der Waals surface area contributed by atoms with Crippen LogP contribution in [0.3, 0.4) is 0 Å². The minimum Gasteiger partial charge on any atom is -0.391 e. The number of anilines is 1. The summed E-state index contributed by atoms with van der Waals surface area (Å²) in [7, 11) is 0. The van der Waals surface area contributed by atoms with Crippen LogP contribution in [-0.2, 0) is 10.3 Å². The van der Waals surface area contributed by atoms with Crippen LogP contribution in [0.2, 0.25) is 0 Å². The Morgan fingerprint density at radius 2 is 2.07 bits per heavy atom. The largest absolute Gasteiger partial charge is 0.418 e. The van der Waals surface area contributed by atoms with E-state index in [0.29, 0.717) is 4.47 Å². The molecule has 12 heteroatoms. The van der Waals surface area contributed by atoms with Crippen LogP contribution in [0.15, 0.2) is 46.0 Å². The lowest BCUT2D eigenvalue weighted by Crippen LogP contribution is -2.43. The fraction of sp³-hybridized carbons (Fsp3) is 0.278. The van der Waals surface area contributed by atoms with Crippen molar-refractivity contribution in [1.29, 1.82) is 0 Å². The number of carbonyl (C=O) groups excluding carboxylic acids is 1. The van der Waals surface area contributed by atoms with E-state index in [1.807, 2.05) is 0 Å². The minimum absolute atomic E-state index is 0.0388. The molecule has 7 nitrogen and oxygen atoms in total. The number of carbonyl (C=O) groups is 1. The fourth-order valence-electron chi connectivity index (χ4n) is 2.86. The van der Waals surface area contributed by atoms with E-state index in [1.54, 1.807) is 6.07 Å². The molecule has 0 radical (unpaired) electrons. The maximum absolute atomic E-state index is 14.5. The maximum Gasteiger partial charge on any atom is 0.418 e. The van der Waals surface area contributed by atoms with Gasteiger partial charge in [-0.15, -0.1) is 0 Å². The monoisotopic (exact) mass is 490 g/mol. The highest BCUT2D eigenvalue weighted by molar-refractivity contribution is 9.10. The number of aliphatic imine (C=N–C) groups is 1. The molecule has 30 heavy (non-hydrogen) atoms. The molecule has 1 unspecified atom stereocenters. The molecule has 0 saturated heterocycles. The Balaban J connectivity index is 1.92. The number of halogens is 5. The minimum atomic E-state index is -4.97. The van der Waals surface area contributed by atoms with Crippen molar-refractivity contribution in [2.45, 2.75) is 18.1 Å². The Kier molecular flexibility index (Phi) is 6.27. The second kappa shape index (κ2) is 8.56. The van der Waals surface area contributed by atoms with Crippen LogP contribution in [0.1, 0.15) is 12.0 Å². The van der Waals surface area contributed by atoms with E-state index < -0.39 is 41.4 Å². The summed E-state index contributed by atoms with van der Waals surface area (Å²) in [5.74, 6) is -1.61. The Hall–Kier alpha value is -2.73. The molecule has 0 aliphatic carbocycles. The van der Waals surface area contributed by atoms with E-state index in [4.69, 9.17) is 15.2 Å². The number of rotatable bonds is 3. The zero-order valence-corrected chi connectivity index (χ0v) is 16.8. The third-order valence-corrected chi connectivity index (χ3v) is 4.69. The zero-order chi connectivity index (χ0) is 21.9. The molecule has 1 amide bonds. The molecular formula is C18H15BrF4N4O3. The third kappa shape index (κ3) is 4.70. The van der Waals surface area contributed by atoms with Crippen molar-refractivity contribution in [1.82, 2.24) is 4.98 Å². The molecule has 2 aromatic rings. The highest BCUT2D eigenvalue weighted by Gasteiger charge is 2.58. The normalized spacial score (nSPS) is 19.6. The molecule has 3 rings (SSSR count). The quantitative estimate of drug-likeness (QED) is 0.630. The summed E-state index contributed by atoms with van der Waals surface area (Å²) in [6.07, 6.45) is -5.27. The number of aromatic nitrogens is 1. The lowest BCUT2D eigenvalue weighted by atomic mass is 9.86. The highest BCUT2D eigenvalue weighted by Crippen LogP contribution is 2.47. The van der Waals surface area contributed by atoms with Gasteiger partial charge in [0.1, 0.15) is 18.3 Å². The van der Waals surface area contributed by atoms with E-state index in [0.717, 1.165) is 18.2 Å². The van der Waals surface area contributed by atoms with Gasteiger partial charge in [0.05, 0.1) is 6.61 Å². The third-order valence-electron chi connectivity index (χ3n) is 4.22. The summed E-state index contributed by atoms with van der Waals surface area (Å²) in [6.45, 7) is -0.637. The topological polar surface area (TPSA) is 98.8 Å². The van der Waals surface area contributed by atoms with Gasteiger partial charge in [-0.05, 0) is 40.2 Å². The first-order chi connectivity index (χ1) is 14.1. The Morgan fingerprint density at radius 1 is 1.30 bits per heavy atom. The molecule has 0 saturated carbocycles. The van der Waals surface area contributed by atoms with Gasteiger partial charge in [-0.2, -0.15) is 13.2 Å².